The molecule has 1 heterocycles. The van der Waals surface area contributed by atoms with Gasteiger partial charge in [-0.1, -0.05) is 11.6 Å². The van der Waals surface area contributed by atoms with Crippen LogP contribution in [0, 0.1) is 11.7 Å². The number of nitrogens with zero attached hydrogens (tertiary/aromatic N) is 2. The van der Waals surface area contributed by atoms with E-state index in [4.69, 9.17) is 28.6 Å². The van der Waals surface area contributed by atoms with Gasteiger partial charge in [0.15, 0.2) is 10.6 Å². The molecule has 4 nitrogen and oxygen atoms in total. The van der Waals surface area contributed by atoms with Gasteiger partial charge < -0.3 is 4.74 Å². The van der Waals surface area contributed by atoms with Crippen LogP contribution in [0.5, 0.6) is 5.75 Å². The number of halogens is 1. The zero-order valence-electron chi connectivity index (χ0n) is 12.1. The van der Waals surface area contributed by atoms with E-state index in [0.29, 0.717) is 9.79 Å². The molecule has 1 N–H and O–H groups in total. The molecule has 1 aromatic heterocycles. The monoisotopic (exact) mass is 331 g/mol. The van der Waals surface area contributed by atoms with Crippen LogP contribution < -0.4 is 4.74 Å². The molecule has 3 aromatic rings. The molecular formula is C16H14ClN3OS. The molecule has 0 aliphatic rings. The molecule has 0 radical (unpaired) electrons. The fourth-order valence-corrected chi connectivity index (χ4v) is 2.78. The van der Waals surface area contributed by atoms with Crippen LogP contribution in [0.2, 0.25) is 5.02 Å². The largest absolute Gasteiger partial charge is 0.497 e. The first-order valence-electron chi connectivity index (χ1n) is 6.68. The van der Waals surface area contributed by atoms with Crippen LogP contribution in [-0.4, -0.2) is 21.9 Å². The molecule has 0 amide bonds. The summed E-state index contributed by atoms with van der Waals surface area (Å²) >= 11 is 11.4. The number of methoxy groups -OCH3 is 1. The van der Waals surface area contributed by atoms with Crippen molar-refractivity contribution in [2.45, 2.75) is 6.92 Å². The molecule has 0 saturated heterocycles. The van der Waals surface area contributed by atoms with Gasteiger partial charge in [-0.05, 0) is 67.2 Å². The van der Waals surface area contributed by atoms with Crippen molar-refractivity contribution in [3.63, 3.8) is 0 Å². The van der Waals surface area contributed by atoms with Crippen LogP contribution in [0.15, 0.2) is 42.5 Å². The van der Waals surface area contributed by atoms with Gasteiger partial charge in [0.05, 0.1) is 12.8 Å². The summed E-state index contributed by atoms with van der Waals surface area (Å²) in [6.07, 6.45) is 0. The lowest BCUT2D eigenvalue weighted by atomic mass is 10.1. The number of rotatable bonds is 3. The molecule has 22 heavy (non-hydrogen) atoms. The third kappa shape index (κ3) is 2.65. The second-order valence-corrected chi connectivity index (χ2v) is 5.67. The number of nitrogens with one attached hydrogen (secondary N) is 1. The Morgan fingerprint density at radius 3 is 2.55 bits per heavy atom. The summed E-state index contributed by atoms with van der Waals surface area (Å²) in [5.41, 5.74) is 2.93. The Balaban J connectivity index is 2.16. The zero-order valence-corrected chi connectivity index (χ0v) is 13.7. The summed E-state index contributed by atoms with van der Waals surface area (Å²) in [7, 11) is 1.64. The molecule has 6 heteroatoms. The summed E-state index contributed by atoms with van der Waals surface area (Å²) in [5, 5.41) is 7.91. The number of aromatic amines is 1. The van der Waals surface area contributed by atoms with Gasteiger partial charge in [0, 0.05) is 10.6 Å². The number of hydrogen-bond acceptors (Lipinski definition) is 3. The highest BCUT2D eigenvalue weighted by Crippen LogP contribution is 2.26. The van der Waals surface area contributed by atoms with Gasteiger partial charge in [0.2, 0.25) is 0 Å². The van der Waals surface area contributed by atoms with Crippen molar-refractivity contribution < 1.29 is 4.74 Å². The Labute approximate surface area is 138 Å². The molecule has 0 aliphatic heterocycles. The second kappa shape index (κ2) is 5.94. The highest BCUT2D eigenvalue weighted by atomic mass is 35.5. The maximum Gasteiger partial charge on any atom is 0.200 e. The van der Waals surface area contributed by atoms with Crippen LogP contribution in [0.3, 0.4) is 0 Å². The van der Waals surface area contributed by atoms with Crippen molar-refractivity contribution in [2.24, 2.45) is 0 Å². The van der Waals surface area contributed by atoms with Gasteiger partial charge >= 0.3 is 0 Å². The van der Waals surface area contributed by atoms with Gasteiger partial charge in [0.25, 0.3) is 0 Å². The highest BCUT2D eigenvalue weighted by molar-refractivity contribution is 7.71. The average molecular weight is 332 g/mol. The van der Waals surface area contributed by atoms with E-state index in [0.717, 1.165) is 28.4 Å². The molecule has 0 atom stereocenters. The van der Waals surface area contributed by atoms with E-state index in [-0.39, 0.29) is 0 Å². The fourth-order valence-electron chi connectivity index (χ4n) is 2.32. The topological polar surface area (TPSA) is 42.8 Å². The summed E-state index contributed by atoms with van der Waals surface area (Å²) in [4.78, 5) is 0. The Bertz CT molecular complexity index is 868. The van der Waals surface area contributed by atoms with Crippen molar-refractivity contribution in [1.82, 2.24) is 14.8 Å². The van der Waals surface area contributed by atoms with Gasteiger partial charge in [0.1, 0.15) is 5.75 Å². The number of aromatic nitrogens is 3. The van der Waals surface area contributed by atoms with Crippen LogP contribution in [-0.2, 0) is 0 Å². The molecule has 0 spiro atoms. The minimum absolute atomic E-state index is 0.538. The minimum Gasteiger partial charge on any atom is -0.497 e. The SMILES string of the molecule is COc1ccc(-c2n[nH]c(=S)n2-c2ccc(Cl)cc2C)cc1. The molecule has 112 valence electrons. The molecule has 2 aromatic carbocycles. The average Bonchev–Trinajstić information content (AvgIpc) is 2.89. The molecule has 0 unspecified atom stereocenters. The molecule has 0 fully saturated rings. The lowest BCUT2D eigenvalue weighted by Crippen LogP contribution is -2.00. The first-order chi connectivity index (χ1) is 10.6. The van der Waals surface area contributed by atoms with E-state index in [9.17, 15) is 0 Å². The molecule has 0 saturated carbocycles. The summed E-state index contributed by atoms with van der Waals surface area (Å²) in [5.74, 6) is 1.55. The predicted octanol–water partition coefficient (Wildman–Crippen LogP) is 4.57. The summed E-state index contributed by atoms with van der Waals surface area (Å²) in [6.45, 7) is 1.99. The highest BCUT2D eigenvalue weighted by Gasteiger charge is 2.12. The van der Waals surface area contributed by atoms with E-state index in [1.165, 1.54) is 0 Å². The van der Waals surface area contributed by atoms with Crippen molar-refractivity contribution in [2.75, 3.05) is 7.11 Å². The maximum atomic E-state index is 6.04. The van der Waals surface area contributed by atoms with Crippen LogP contribution in [0.4, 0.5) is 0 Å². The van der Waals surface area contributed by atoms with E-state index < -0.39 is 0 Å². The Kier molecular flexibility index (Phi) is 4.00. The molecule has 0 bridgehead atoms. The summed E-state index contributed by atoms with van der Waals surface area (Å²) in [6, 6.07) is 13.4. The predicted molar refractivity (Wildman–Crippen MR) is 90.5 cm³/mol. The van der Waals surface area contributed by atoms with Crippen molar-refractivity contribution in [1.29, 1.82) is 0 Å². The molecule has 3 rings (SSSR count). The standard InChI is InChI=1S/C16H14ClN3OS/c1-10-9-12(17)5-8-14(10)20-15(18-19-16(20)22)11-3-6-13(21-2)7-4-11/h3-9H,1-2H3,(H,19,22). The van der Waals surface area contributed by atoms with Crippen molar-refractivity contribution >= 4 is 23.8 Å². The van der Waals surface area contributed by atoms with Gasteiger partial charge in [-0.25, -0.2) is 0 Å². The first kappa shape index (κ1) is 14.8. The van der Waals surface area contributed by atoms with E-state index in [1.807, 2.05) is 54.0 Å². The van der Waals surface area contributed by atoms with Gasteiger partial charge in [-0.3, -0.25) is 9.67 Å². The third-order valence-corrected chi connectivity index (χ3v) is 3.93. The quantitative estimate of drug-likeness (QED) is 0.715. The van der Waals surface area contributed by atoms with Gasteiger partial charge in [-0.2, -0.15) is 5.10 Å². The van der Waals surface area contributed by atoms with Crippen LogP contribution in [0.1, 0.15) is 5.56 Å². The van der Waals surface area contributed by atoms with E-state index in [2.05, 4.69) is 10.2 Å². The van der Waals surface area contributed by atoms with Crippen LogP contribution >= 0.6 is 23.8 Å². The number of hydrogen-bond donors (Lipinski definition) is 1. The summed E-state index contributed by atoms with van der Waals surface area (Å²) < 4.78 is 7.63. The lowest BCUT2D eigenvalue weighted by Gasteiger charge is -2.10. The zero-order chi connectivity index (χ0) is 15.7. The normalized spacial score (nSPS) is 10.7. The first-order valence-corrected chi connectivity index (χ1v) is 7.47. The number of H-pyrrole nitrogens is 1. The van der Waals surface area contributed by atoms with E-state index in [1.54, 1.807) is 7.11 Å². The maximum absolute atomic E-state index is 6.04. The second-order valence-electron chi connectivity index (χ2n) is 4.85. The van der Waals surface area contributed by atoms with Crippen molar-refractivity contribution in [3.8, 4) is 22.8 Å². The number of aryl methyl sites for hydroxylation is 1. The minimum atomic E-state index is 0.538. The molecule has 0 aliphatic carbocycles. The Morgan fingerprint density at radius 1 is 1.18 bits per heavy atom. The Morgan fingerprint density at radius 2 is 1.91 bits per heavy atom. The third-order valence-electron chi connectivity index (χ3n) is 3.42. The van der Waals surface area contributed by atoms with Crippen molar-refractivity contribution in [3.05, 3.63) is 57.8 Å². The fraction of sp³-hybridized carbons (Fsp3) is 0.125. The number of ether oxygens (including phenoxy) is 1. The van der Waals surface area contributed by atoms with E-state index >= 15 is 0 Å². The number of benzene rings is 2. The van der Waals surface area contributed by atoms with Crippen LogP contribution in [0.25, 0.3) is 17.1 Å². The Hall–Kier alpha value is -2.11. The smallest absolute Gasteiger partial charge is 0.200 e. The molecular weight excluding hydrogens is 318 g/mol. The lowest BCUT2D eigenvalue weighted by molar-refractivity contribution is 0.415. The van der Waals surface area contributed by atoms with Gasteiger partial charge in [-0.15, -0.1) is 0 Å².